The maximum absolute atomic E-state index is 11.8. The lowest BCUT2D eigenvalue weighted by Gasteiger charge is -2.23. The highest BCUT2D eigenvalue weighted by atomic mass is 16.5. The number of nitrogens with two attached hydrogens (primary N) is 2. The summed E-state index contributed by atoms with van der Waals surface area (Å²) in [6.45, 7) is 1.27. The van der Waals surface area contributed by atoms with Gasteiger partial charge in [-0.05, 0) is 37.7 Å². The average Bonchev–Trinajstić information content (AvgIpc) is 2.74. The van der Waals surface area contributed by atoms with Gasteiger partial charge in [-0.15, -0.1) is 0 Å². The Balaban J connectivity index is 1.82. The Hall–Kier alpha value is -1.75. The highest BCUT2D eigenvalue weighted by Gasteiger charge is 2.23. The first kappa shape index (κ1) is 16.1. The molecule has 1 aromatic carbocycles. The van der Waals surface area contributed by atoms with E-state index in [0.717, 1.165) is 24.2 Å². The Bertz CT molecular complexity index is 568. The normalized spacial score (nSPS) is 21.9. The van der Waals surface area contributed by atoms with Gasteiger partial charge in [0.1, 0.15) is 11.5 Å². The molecule has 0 radical (unpaired) electrons. The fourth-order valence-corrected chi connectivity index (χ4v) is 3.51. The first-order valence-electron chi connectivity index (χ1n) is 8.64. The molecule has 23 heavy (non-hydrogen) atoms. The molecule has 3 rings (SSSR count). The number of amides is 1. The van der Waals surface area contributed by atoms with Crippen molar-refractivity contribution in [3.05, 3.63) is 23.3 Å². The van der Waals surface area contributed by atoms with Crippen LogP contribution in [0.4, 0.5) is 0 Å². The molecule has 1 atom stereocenters. The van der Waals surface area contributed by atoms with Crippen LogP contribution in [0.25, 0.3) is 0 Å². The van der Waals surface area contributed by atoms with Crippen LogP contribution in [0.5, 0.6) is 11.5 Å². The second kappa shape index (κ2) is 7.21. The van der Waals surface area contributed by atoms with E-state index in [1.807, 2.05) is 0 Å². The minimum atomic E-state index is -0.483. The van der Waals surface area contributed by atoms with E-state index in [1.165, 1.54) is 32.1 Å². The molecule has 5 heteroatoms. The van der Waals surface area contributed by atoms with Gasteiger partial charge in [0.15, 0.2) is 0 Å². The Morgan fingerprint density at radius 1 is 1.17 bits per heavy atom. The molecule has 1 amide bonds. The van der Waals surface area contributed by atoms with Gasteiger partial charge >= 0.3 is 0 Å². The van der Waals surface area contributed by atoms with Crippen LogP contribution in [-0.4, -0.2) is 19.1 Å². The van der Waals surface area contributed by atoms with Gasteiger partial charge in [-0.3, -0.25) is 4.79 Å². The zero-order valence-corrected chi connectivity index (χ0v) is 13.6. The zero-order chi connectivity index (χ0) is 16.2. The molecular weight excluding hydrogens is 292 g/mol. The average molecular weight is 318 g/mol. The second-order valence-electron chi connectivity index (χ2n) is 6.66. The number of benzene rings is 1. The van der Waals surface area contributed by atoms with Crippen LogP contribution in [0.2, 0.25) is 0 Å². The summed E-state index contributed by atoms with van der Waals surface area (Å²) in [7, 11) is 0. The molecule has 1 heterocycles. The Morgan fingerprint density at radius 2 is 1.96 bits per heavy atom. The SMILES string of the molecule is NC(=O)c1cc2c(cc1OCC1CCCCC1)OCCCC2N. The van der Waals surface area contributed by atoms with Crippen LogP contribution in [0.15, 0.2) is 12.1 Å². The first-order valence-corrected chi connectivity index (χ1v) is 8.64. The van der Waals surface area contributed by atoms with Crippen molar-refractivity contribution in [3.8, 4) is 11.5 Å². The van der Waals surface area contributed by atoms with Crippen molar-refractivity contribution in [2.75, 3.05) is 13.2 Å². The highest BCUT2D eigenvalue weighted by molar-refractivity contribution is 5.96. The van der Waals surface area contributed by atoms with E-state index >= 15 is 0 Å². The van der Waals surface area contributed by atoms with Crippen LogP contribution in [0.3, 0.4) is 0 Å². The molecule has 1 aliphatic carbocycles. The molecule has 2 aliphatic rings. The van der Waals surface area contributed by atoms with Crippen molar-refractivity contribution in [1.82, 2.24) is 0 Å². The van der Waals surface area contributed by atoms with E-state index in [4.69, 9.17) is 20.9 Å². The molecule has 0 spiro atoms. The lowest BCUT2D eigenvalue weighted by Crippen LogP contribution is -2.19. The van der Waals surface area contributed by atoms with Crippen molar-refractivity contribution < 1.29 is 14.3 Å². The first-order chi connectivity index (χ1) is 11.1. The molecular formula is C18H26N2O3. The number of hydrogen-bond acceptors (Lipinski definition) is 4. The molecule has 1 unspecified atom stereocenters. The van der Waals surface area contributed by atoms with E-state index in [2.05, 4.69) is 0 Å². The Morgan fingerprint density at radius 3 is 2.70 bits per heavy atom. The van der Waals surface area contributed by atoms with Crippen LogP contribution in [0.1, 0.15) is 66.9 Å². The third-order valence-electron chi connectivity index (χ3n) is 4.89. The number of rotatable bonds is 4. The van der Waals surface area contributed by atoms with Gasteiger partial charge in [-0.25, -0.2) is 0 Å². The third kappa shape index (κ3) is 3.78. The van der Waals surface area contributed by atoms with Crippen LogP contribution < -0.4 is 20.9 Å². The summed E-state index contributed by atoms with van der Waals surface area (Å²) < 4.78 is 11.7. The molecule has 1 aliphatic heterocycles. The number of carbonyl (C=O) groups is 1. The molecule has 0 saturated heterocycles. The van der Waals surface area contributed by atoms with Crippen molar-refractivity contribution in [1.29, 1.82) is 0 Å². The lowest BCUT2D eigenvalue weighted by atomic mass is 9.90. The van der Waals surface area contributed by atoms with Gasteiger partial charge in [-0.1, -0.05) is 19.3 Å². The van der Waals surface area contributed by atoms with Gasteiger partial charge < -0.3 is 20.9 Å². The smallest absolute Gasteiger partial charge is 0.252 e. The Labute approximate surface area is 137 Å². The third-order valence-corrected chi connectivity index (χ3v) is 4.89. The standard InChI is InChI=1S/C18H26N2O3/c19-15-7-4-8-22-16-10-17(14(18(20)21)9-13(15)16)23-11-12-5-2-1-3-6-12/h9-10,12,15H,1-8,11,19H2,(H2,20,21). The monoisotopic (exact) mass is 318 g/mol. The molecule has 1 fully saturated rings. The van der Waals surface area contributed by atoms with Crippen LogP contribution in [0, 0.1) is 5.92 Å². The summed E-state index contributed by atoms with van der Waals surface area (Å²) in [5.41, 5.74) is 13.0. The number of fused-ring (bicyclic) bond motifs is 1. The number of primary amides is 1. The van der Waals surface area contributed by atoms with Gasteiger partial charge in [0.2, 0.25) is 0 Å². The molecule has 1 aromatic rings. The van der Waals surface area contributed by atoms with Crippen molar-refractivity contribution in [2.45, 2.75) is 51.0 Å². The van der Waals surface area contributed by atoms with E-state index in [0.29, 0.717) is 30.4 Å². The molecule has 0 bridgehead atoms. The summed E-state index contributed by atoms with van der Waals surface area (Å²) in [6, 6.07) is 3.42. The summed E-state index contributed by atoms with van der Waals surface area (Å²) in [4.78, 5) is 11.8. The van der Waals surface area contributed by atoms with Gasteiger partial charge in [-0.2, -0.15) is 0 Å². The molecule has 4 N–H and O–H groups in total. The van der Waals surface area contributed by atoms with Crippen molar-refractivity contribution >= 4 is 5.91 Å². The van der Waals surface area contributed by atoms with E-state index in [9.17, 15) is 4.79 Å². The maximum atomic E-state index is 11.8. The fraction of sp³-hybridized carbons (Fsp3) is 0.611. The topological polar surface area (TPSA) is 87.6 Å². The summed E-state index contributed by atoms with van der Waals surface area (Å²) >= 11 is 0. The molecule has 126 valence electrons. The van der Waals surface area contributed by atoms with Crippen molar-refractivity contribution in [2.24, 2.45) is 17.4 Å². The predicted molar refractivity (Wildman–Crippen MR) is 88.7 cm³/mol. The minimum Gasteiger partial charge on any atom is -0.493 e. The molecule has 1 saturated carbocycles. The Kier molecular flexibility index (Phi) is 5.06. The highest BCUT2D eigenvalue weighted by Crippen LogP contribution is 2.36. The van der Waals surface area contributed by atoms with E-state index < -0.39 is 5.91 Å². The fourth-order valence-electron chi connectivity index (χ4n) is 3.51. The van der Waals surface area contributed by atoms with Crippen molar-refractivity contribution in [3.63, 3.8) is 0 Å². The second-order valence-corrected chi connectivity index (χ2v) is 6.66. The largest absolute Gasteiger partial charge is 0.493 e. The van der Waals surface area contributed by atoms with Gasteiger partial charge in [0.25, 0.3) is 5.91 Å². The zero-order valence-electron chi connectivity index (χ0n) is 13.6. The maximum Gasteiger partial charge on any atom is 0.252 e. The van der Waals surface area contributed by atoms with Crippen LogP contribution in [-0.2, 0) is 0 Å². The number of ether oxygens (including phenoxy) is 2. The predicted octanol–water partition coefficient (Wildman–Crippen LogP) is 2.92. The number of hydrogen-bond donors (Lipinski definition) is 2. The molecule has 0 aromatic heterocycles. The molecule has 5 nitrogen and oxygen atoms in total. The van der Waals surface area contributed by atoms with E-state index in [-0.39, 0.29) is 6.04 Å². The quantitative estimate of drug-likeness (QED) is 0.893. The van der Waals surface area contributed by atoms with Gasteiger partial charge in [0.05, 0.1) is 18.8 Å². The van der Waals surface area contributed by atoms with Gasteiger partial charge in [0, 0.05) is 17.7 Å². The summed E-state index contributed by atoms with van der Waals surface area (Å²) in [6.07, 6.45) is 7.97. The lowest BCUT2D eigenvalue weighted by molar-refractivity contribution is 0.0994. The minimum absolute atomic E-state index is 0.127. The summed E-state index contributed by atoms with van der Waals surface area (Å²) in [5.74, 6) is 1.32. The summed E-state index contributed by atoms with van der Waals surface area (Å²) in [5, 5.41) is 0. The number of carbonyl (C=O) groups excluding carboxylic acids is 1. The van der Waals surface area contributed by atoms with E-state index in [1.54, 1.807) is 12.1 Å². The van der Waals surface area contributed by atoms with Crippen LogP contribution >= 0.6 is 0 Å².